The molecule has 0 aliphatic carbocycles. The first-order valence-electron chi connectivity index (χ1n) is 7.61. The zero-order valence-electron chi connectivity index (χ0n) is 13.6. The molecule has 8 heteroatoms. The highest BCUT2D eigenvalue weighted by atomic mass is 35.5. The molecule has 0 bridgehead atoms. The van der Waals surface area contributed by atoms with Crippen molar-refractivity contribution < 1.29 is 22.6 Å². The molecule has 3 aromatic rings. The molecule has 0 radical (unpaired) electrons. The van der Waals surface area contributed by atoms with E-state index in [9.17, 15) is 13.2 Å². The second kappa shape index (κ2) is 7.58. The number of anilines is 1. The monoisotopic (exact) mass is 413 g/mol. The predicted molar refractivity (Wildman–Crippen MR) is 98.9 cm³/mol. The Hall–Kier alpha value is -2.57. The summed E-state index contributed by atoms with van der Waals surface area (Å²) < 4.78 is 51.3. The average Bonchev–Trinajstić information content (AvgIpc) is 2.60. The number of hydrogen-bond donors (Lipinski definition) is 1. The molecule has 0 amide bonds. The van der Waals surface area contributed by atoms with E-state index in [1.54, 1.807) is 36.4 Å². The highest BCUT2D eigenvalue weighted by Crippen LogP contribution is 2.45. The van der Waals surface area contributed by atoms with Crippen molar-refractivity contribution in [3.05, 3.63) is 76.3 Å². The molecule has 0 fully saturated rings. The Bertz CT molecular complexity index is 977. The smallest absolute Gasteiger partial charge is 0.420 e. The van der Waals surface area contributed by atoms with E-state index in [-0.39, 0.29) is 33.0 Å². The van der Waals surface area contributed by atoms with Crippen LogP contribution in [-0.4, -0.2) is 0 Å². The van der Waals surface area contributed by atoms with Gasteiger partial charge in [-0.2, -0.15) is 13.2 Å². The van der Waals surface area contributed by atoms with Gasteiger partial charge in [0, 0.05) is 6.07 Å². The summed E-state index contributed by atoms with van der Waals surface area (Å²) in [5.41, 5.74) is 4.49. The molecule has 0 aliphatic heterocycles. The van der Waals surface area contributed by atoms with E-state index in [0.29, 0.717) is 0 Å². The molecule has 0 atom stereocenters. The van der Waals surface area contributed by atoms with Crippen LogP contribution in [0.15, 0.2) is 60.7 Å². The van der Waals surface area contributed by atoms with Crippen LogP contribution >= 0.6 is 23.2 Å². The highest BCUT2D eigenvalue weighted by molar-refractivity contribution is 6.32. The second-order valence-corrected chi connectivity index (χ2v) is 6.26. The Morgan fingerprint density at radius 1 is 0.704 bits per heavy atom. The summed E-state index contributed by atoms with van der Waals surface area (Å²) in [5.74, 6) is -0.211. The number of hydrogen-bond acceptors (Lipinski definition) is 3. The number of ether oxygens (including phenoxy) is 2. The van der Waals surface area contributed by atoms with Crippen LogP contribution in [-0.2, 0) is 6.18 Å². The summed E-state index contributed by atoms with van der Waals surface area (Å²) in [6.45, 7) is 0. The minimum atomic E-state index is -4.69. The van der Waals surface area contributed by atoms with E-state index in [1.807, 2.05) is 0 Å². The van der Waals surface area contributed by atoms with Gasteiger partial charge < -0.3 is 15.2 Å². The van der Waals surface area contributed by atoms with Gasteiger partial charge in [0.25, 0.3) is 0 Å². The Balaban J connectivity index is 2.06. The van der Waals surface area contributed by atoms with E-state index in [1.165, 1.54) is 12.1 Å². The molecule has 0 heterocycles. The summed E-state index contributed by atoms with van der Waals surface area (Å²) in [6.07, 6.45) is -4.69. The van der Waals surface area contributed by atoms with Crippen molar-refractivity contribution in [2.24, 2.45) is 0 Å². The number of rotatable bonds is 4. The van der Waals surface area contributed by atoms with Crippen LogP contribution in [0.25, 0.3) is 0 Å². The molecule has 27 heavy (non-hydrogen) atoms. The Kier molecular flexibility index (Phi) is 5.39. The quantitative estimate of drug-likeness (QED) is 0.460. The molecule has 0 unspecified atom stereocenters. The van der Waals surface area contributed by atoms with Gasteiger partial charge in [-0.25, -0.2) is 0 Å². The molecule has 0 aliphatic rings. The van der Waals surface area contributed by atoms with Gasteiger partial charge in [-0.1, -0.05) is 47.5 Å². The first-order chi connectivity index (χ1) is 12.8. The first-order valence-corrected chi connectivity index (χ1v) is 8.37. The van der Waals surface area contributed by atoms with Gasteiger partial charge in [-0.05, 0) is 30.3 Å². The molecular weight excluding hydrogens is 402 g/mol. The van der Waals surface area contributed by atoms with E-state index < -0.39 is 17.5 Å². The molecule has 0 aromatic heterocycles. The van der Waals surface area contributed by atoms with Crippen molar-refractivity contribution in [2.75, 3.05) is 5.73 Å². The third-order valence-corrected chi connectivity index (χ3v) is 4.16. The maximum Gasteiger partial charge on any atom is 0.420 e. The zero-order chi connectivity index (χ0) is 19.6. The molecule has 0 saturated carbocycles. The molecule has 0 saturated heterocycles. The van der Waals surface area contributed by atoms with Crippen molar-refractivity contribution >= 4 is 28.9 Å². The first kappa shape index (κ1) is 19.2. The summed E-state index contributed by atoms with van der Waals surface area (Å²) in [4.78, 5) is 0. The van der Waals surface area contributed by atoms with Gasteiger partial charge in [0.05, 0.1) is 15.7 Å². The summed E-state index contributed by atoms with van der Waals surface area (Å²) >= 11 is 12.0. The highest BCUT2D eigenvalue weighted by Gasteiger charge is 2.36. The minimum absolute atomic E-state index is 0.0295. The predicted octanol–water partition coefficient (Wildman–Crippen LogP) is 7.18. The summed E-state index contributed by atoms with van der Waals surface area (Å²) in [7, 11) is 0. The van der Waals surface area contributed by atoms with Gasteiger partial charge in [0.2, 0.25) is 0 Å². The van der Waals surface area contributed by atoms with Crippen molar-refractivity contribution in [2.45, 2.75) is 6.18 Å². The van der Waals surface area contributed by atoms with Crippen LogP contribution in [0.2, 0.25) is 10.0 Å². The lowest BCUT2D eigenvalue weighted by molar-refractivity contribution is -0.138. The molecule has 3 nitrogen and oxygen atoms in total. The number of benzene rings is 3. The Morgan fingerprint density at radius 2 is 1.19 bits per heavy atom. The van der Waals surface area contributed by atoms with Crippen LogP contribution in [0.4, 0.5) is 18.9 Å². The van der Waals surface area contributed by atoms with Gasteiger partial charge in [0.15, 0.2) is 5.75 Å². The van der Waals surface area contributed by atoms with Crippen LogP contribution in [0.1, 0.15) is 5.56 Å². The molecule has 3 rings (SSSR count). The maximum absolute atomic E-state index is 13.4. The fourth-order valence-corrected chi connectivity index (χ4v) is 2.61. The summed E-state index contributed by atoms with van der Waals surface area (Å²) in [5, 5.41) is 0.446. The van der Waals surface area contributed by atoms with Crippen LogP contribution in [0, 0.1) is 0 Å². The van der Waals surface area contributed by atoms with Crippen LogP contribution in [0.5, 0.6) is 23.0 Å². The molecular formula is C19H12Cl2F3NO2. The Morgan fingerprint density at radius 3 is 1.67 bits per heavy atom. The molecule has 2 N–H and O–H groups in total. The number of alkyl halides is 3. The van der Waals surface area contributed by atoms with Crippen molar-refractivity contribution in [1.29, 1.82) is 0 Å². The van der Waals surface area contributed by atoms with E-state index in [4.69, 9.17) is 38.4 Å². The van der Waals surface area contributed by atoms with Crippen LogP contribution < -0.4 is 15.2 Å². The third-order valence-electron chi connectivity index (χ3n) is 3.53. The van der Waals surface area contributed by atoms with Gasteiger partial charge in [0.1, 0.15) is 22.8 Å². The van der Waals surface area contributed by atoms with E-state index >= 15 is 0 Å². The minimum Gasteiger partial charge on any atom is -0.455 e. The number of para-hydroxylation sites is 2. The van der Waals surface area contributed by atoms with Gasteiger partial charge in [-0.3, -0.25) is 0 Å². The number of nitrogens with two attached hydrogens (primary N) is 1. The van der Waals surface area contributed by atoms with Gasteiger partial charge in [-0.15, -0.1) is 0 Å². The second-order valence-electron chi connectivity index (χ2n) is 5.45. The maximum atomic E-state index is 13.4. The number of nitrogen functional groups attached to an aromatic ring is 1. The normalized spacial score (nSPS) is 11.3. The third kappa shape index (κ3) is 4.40. The molecule has 140 valence electrons. The lowest BCUT2D eigenvalue weighted by atomic mass is 10.1. The fraction of sp³-hybridized carbons (Fsp3) is 0.0526. The largest absolute Gasteiger partial charge is 0.455 e. The lowest BCUT2D eigenvalue weighted by Gasteiger charge is -2.18. The van der Waals surface area contributed by atoms with E-state index in [2.05, 4.69) is 0 Å². The molecule has 3 aromatic carbocycles. The number of halogens is 5. The lowest BCUT2D eigenvalue weighted by Crippen LogP contribution is -2.09. The van der Waals surface area contributed by atoms with E-state index in [0.717, 1.165) is 12.1 Å². The SMILES string of the molecule is Nc1cc(C(F)(F)F)c(Oc2ccccc2Cl)cc1Oc1ccccc1Cl. The van der Waals surface area contributed by atoms with Crippen molar-refractivity contribution in [1.82, 2.24) is 0 Å². The van der Waals surface area contributed by atoms with Crippen molar-refractivity contribution in [3.8, 4) is 23.0 Å². The summed E-state index contributed by atoms with van der Waals surface area (Å²) in [6, 6.07) is 14.5. The molecule has 0 spiro atoms. The standard InChI is InChI=1S/C19H12Cl2F3NO2/c20-12-5-1-3-7-15(12)26-17-10-18(14(25)9-11(17)19(22,23)24)27-16-8-4-2-6-13(16)21/h1-10H,25H2. The topological polar surface area (TPSA) is 44.5 Å². The Labute approximate surface area is 163 Å². The van der Waals surface area contributed by atoms with Crippen molar-refractivity contribution in [3.63, 3.8) is 0 Å². The zero-order valence-corrected chi connectivity index (χ0v) is 15.1. The average molecular weight is 414 g/mol. The van der Waals surface area contributed by atoms with Crippen LogP contribution in [0.3, 0.4) is 0 Å². The van der Waals surface area contributed by atoms with Gasteiger partial charge >= 0.3 is 6.18 Å². The fourth-order valence-electron chi connectivity index (χ4n) is 2.26.